The van der Waals surface area contributed by atoms with Crippen molar-refractivity contribution in [2.45, 2.75) is 9.79 Å². The van der Waals surface area contributed by atoms with Gasteiger partial charge in [0.15, 0.2) is 9.95 Å². The molecule has 0 saturated carbocycles. The third-order valence-electron chi connectivity index (χ3n) is 8.38. The average Bonchev–Trinajstić information content (AvgIpc) is 3.31. The summed E-state index contributed by atoms with van der Waals surface area (Å²) < 4.78 is 36.7. The Labute approximate surface area is 421 Å². The minimum atomic E-state index is -3.17. The number of hydrogen-bond acceptors (Lipinski definition) is 11. The smallest absolute Gasteiger partial charge is 0.386 e. The topological polar surface area (TPSA) is 210 Å². The first-order chi connectivity index (χ1) is 32.5. The van der Waals surface area contributed by atoms with Crippen LogP contribution in [0.2, 0.25) is 30.1 Å². The molecule has 0 bridgehead atoms. The number of para-hydroxylation sites is 3. The van der Waals surface area contributed by atoms with Gasteiger partial charge < -0.3 is 30.3 Å². The van der Waals surface area contributed by atoms with Gasteiger partial charge in [-0.25, -0.2) is 8.78 Å². The predicted octanol–water partition coefficient (Wildman–Crippen LogP) is 14.9. The lowest BCUT2D eigenvalue weighted by atomic mass is 10.1. The molecule has 0 aliphatic carbocycles. The molecule has 0 spiro atoms. The molecule has 7 aromatic carbocycles. The van der Waals surface area contributed by atoms with Crippen LogP contribution < -0.4 is 26.0 Å². The SMILES string of the molecule is N#Cc1cc(Sc2ccc(F)cc2F)ccc1Nc1c(Cl)cccc1Cl.N#Cc1cc([N+]#N)ccc1Nc1c(Cl)cccc1Cl.N#Cc1cc([N+]#N)ccc1Nc1c(Cl)cccc1Cl.[O-]B([O-])F. The fourth-order valence-electron chi connectivity index (χ4n) is 5.32. The Balaban J connectivity index is 0.000000217. The van der Waals surface area contributed by atoms with Crippen molar-refractivity contribution in [1.82, 2.24) is 0 Å². The van der Waals surface area contributed by atoms with Crippen LogP contribution >= 0.6 is 81.4 Å². The summed E-state index contributed by atoms with van der Waals surface area (Å²) in [5, 5.41) is 73.3. The number of hydrogen-bond donors (Lipinski definition) is 3. The molecule has 0 aromatic heterocycles. The Hall–Kier alpha value is -6.89. The monoisotopic (exact) mass is 1050 g/mol. The standard InChI is InChI=1S/C19H10Cl2F2N2S.2C13H7Cl2N4.BFO2/c20-14-2-1-3-15(21)19(14)25-17-6-5-13(8-11(17)10-24)26-18-7-4-12(22)9-16(18)23;2*14-10-2-1-3-11(15)13(10)18-12-5-4-9(19-17)6-8(12)7-16;2-1(3)4/h1-9,25H;2*1-6,18H;/q;2*+1;-2. The van der Waals surface area contributed by atoms with Crippen LogP contribution in [-0.4, -0.2) is 7.40 Å². The molecule has 0 aliphatic rings. The van der Waals surface area contributed by atoms with Gasteiger partial charge in [0.2, 0.25) is 10.8 Å². The Morgan fingerprint density at radius 3 is 1.16 bits per heavy atom. The minimum Gasteiger partial charge on any atom is -0.867 e. The van der Waals surface area contributed by atoms with E-state index in [1.807, 2.05) is 12.1 Å². The lowest BCUT2D eigenvalue weighted by molar-refractivity contribution is -0.366. The highest BCUT2D eigenvalue weighted by Crippen LogP contribution is 2.38. The molecule has 7 rings (SSSR count). The van der Waals surface area contributed by atoms with Crippen molar-refractivity contribution in [2.24, 2.45) is 0 Å². The van der Waals surface area contributed by atoms with Crippen LogP contribution in [-0.2, 0) is 0 Å². The first kappa shape index (κ1) is 53.7. The summed E-state index contributed by atoms with van der Waals surface area (Å²) in [6.45, 7) is 0. The van der Waals surface area contributed by atoms with E-state index in [4.69, 9.17) is 101 Å². The second kappa shape index (κ2) is 26.5. The lowest BCUT2D eigenvalue weighted by Crippen LogP contribution is -2.39. The van der Waals surface area contributed by atoms with Gasteiger partial charge >= 0.3 is 11.4 Å². The molecular formula is C45H24BCl6F3N10O2S. The quantitative estimate of drug-likeness (QED) is 0.0963. The summed E-state index contributed by atoms with van der Waals surface area (Å²) in [5.74, 6) is -1.29. The van der Waals surface area contributed by atoms with Gasteiger partial charge in [-0.3, -0.25) is 0 Å². The fraction of sp³-hybridized carbons (Fsp3) is 0. The van der Waals surface area contributed by atoms with Crippen LogP contribution in [0.1, 0.15) is 16.7 Å². The number of rotatable bonds is 8. The Morgan fingerprint density at radius 1 is 0.500 bits per heavy atom. The molecule has 7 aromatic rings. The van der Waals surface area contributed by atoms with E-state index in [0.717, 1.165) is 17.8 Å². The van der Waals surface area contributed by atoms with Gasteiger partial charge in [0.1, 0.15) is 37.2 Å². The summed E-state index contributed by atoms with van der Waals surface area (Å²) in [7, 11) is -3.17. The van der Waals surface area contributed by atoms with Crippen LogP contribution in [0.4, 0.5) is 58.6 Å². The van der Waals surface area contributed by atoms with E-state index in [1.165, 1.54) is 24.3 Å². The maximum Gasteiger partial charge on any atom is 0.386 e. The third kappa shape index (κ3) is 15.6. The molecule has 0 atom stereocenters. The second-order valence-electron chi connectivity index (χ2n) is 12.8. The molecular weight excluding hydrogens is 1030 g/mol. The fourth-order valence-corrected chi connectivity index (χ4v) is 7.66. The van der Waals surface area contributed by atoms with E-state index in [0.29, 0.717) is 97.2 Å². The zero-order valence-electron chi connectivity index (χ0n) is 34.0. The number of halogens is 9. The molecule has 12 nitrogen and oxygen atoms in total. The third-order valence-corrected chi connectivity index (χ3v) is 11.3. The van der Waals surface area contributed by atoms with Gasteiger partial charge in [-0.2, -0.15) is 15.8 Å². The first-order valence-electron chi connectivity index (χ1n) is 18.6. The number of anilines is 6. The van der Waals surface area contributed by atoms with Crippen LogP contribution in [0, 0.1) is 56.4 Å². The van der Waals surface area contributed by atoms with Gasteiger partial charge in [-0.1, -0.05) is 99.6 Å². The van der Waals surface area contributed by atoms with Gasteiger partial charge in [0, 0.05) is 28.0 Å². The van der Waals surface area contributed by atoms with E-state index in [1.54, 1.807) is 97.1 Å². The Kier molecular flexibility index (Phi) is 20.9. The van der Waals surface area contributed by atoms with Crippen molar-refractivity contribution in [3.05, 3.63) is 196 Å². The molecule has 68 heavy (non-hydrogen) atoms. The average molecular weight is 1050 g/mol. The molecule has 338 valence electrons. The highest BCUT2D eigenvalue weighted by Gasteiger charge is 2.16. The van der Waals surface area contributed by atoms with Crippen LogP contribution in [0.25, 0.3) is 9.95 Å². The van der Waals surface area contributed by atoms with Gasteiger partial charge in [-0.05, 0) is 78.9 Å². The van der Waals surface area contributed by atoms with Crippen molar-refractivity contribution >= 4 is 134 Å². The number of nitriles is 3. The van der Waals surface area contributed by atoms with Crippen molar-refractivity contribution in [1.29, 1.82) is 26.6 Å². The summed E-state index contributed by atoms with van der Waals surface area (Å²) in [6.07, 6.45) is 0. The Morgan fingerprint density at radius 2 is 0.838 bits per heavy atom. The number of nitrogens with zero attached hydrogens (tertiary/aromatic N) is 7. The van der Waals surface area contributed by atoms with Crippen molar-refractivity contribution < 1.29 is 23.1 Å². The molecule has 0 unspecified atom stereocenters. The van der Waals surface area contributed by atoms with Crippen LogP contribution in [0.15, 0.2) is 137 Å². The number of benzene rings is 7. The van der Waals surface area contributed by atoms with Crippen molar-refractivity contribution in [3.8, 4) is 18.2 Å². The largest absolute Gasteiger partial charge is 0.867 e. The van der Waals surface area contributed by atoms with E-state index < -0.39 is 19.0 Å². The van der Waals surface area contributed by atoms with E-state index in [-0.39, 0.29) is 4.90 Å². The zero-order chi connectivity index (χ0) is 49.9. The van der Waals surface area contributed by atoms with Crippen molar-refractivity contribution in [2.75, 3.05) is 16.0 Å². The summed E-state index contributed by atoms with van der Waals surface area (Å²) in [6, 6.07) is 39.1. The first-order valence-corrected chi connectivity index (χ1v) is 21.6. The second-order valence-corrected chi connectivity index (χ2v) is 16.4. The normalized spacial score (nSPS) is 9.68. The number of diazo groups is 2. The van der Waals surface area contributed by atoms with E-state index in [2.05, 4.69) is 32.0 Å². The van der Waals surface area contributed by atoms with Crippen LogP contribution in [0.5, 0.6) is 0 Å². The number of nitrogens with one attached hydrogen (secondary N) is 3. The minimum absolute atomic E-state index is 0.269. The van der Waals surface area contributed by atoms with Crippen molar-refractivity contribution in [3.63, 3.8) is 0 Å². The molecule has 0 heterocycles. The molecule has 3 N–H and O–H groups in total. The lowest BCUT2D eigenvalue weighted by Gasteiger charge is -2.12. The summed E-state index contributed by atoms with van der Waals surface area (Å²) in [4.78, 5) is 6.97. The van der Waals surface area contributed by atoms with E-state index >= 15 is 0 Å². The van der Waals surface area contributed by atoms with Gasteiger partial charge in [0.05, 0.1) is 93.1 Å². The maximum absolute atomic E-state index is 13.8. The summed E-state index contributed by atoms with van der Waals surface area (Å²) >= 11 is 37.6. The molecule has 0 radical (unpaired) electrons. The molecule has 23 heteroatoms. The van der Waals surface area contributed by atoms with Crippen LogP contribution in [0.3, 0.4) is 0 Å². The highest BCUT2D eigenvalue weighted by molar-refractivity contribution is 7.99. The van der Waals surface area contributed by atoms with E-state index in [9.17, 15) is 18.4 Å². The maximum atomic E-state index is 13.8. The molecule has 0 amide bonds. The highest BCUT2D eigenvalue weighted by atomic mass is 35.5. The van der Waals surface area contributed by atoms with Gasteiger partial charge in [-0.15, -0.1) is 0 Å². The molecule has 0 saturated heterocycles. The predicted molar refractivity (Wildman–Crippen MR) is 260 cm³/mol. The molecule has 0 fully saturated rings. The summed E-state index contributed by atoms with van der Waals surface area (Å²) in [5.41, 5.74) is 4.72. The molecule has 0 aliphatic heterocycles. The van der Waals surface area contributed by atoms with Gasteiger partial charge in [0.25, 0.3) is 0 Å². The zero-order valence-corrected chi connectivity index (χ0v) is 39.3. The Bertz CT molecular complexity index is 2990.